The van der Waals surface area contributed by atoms with Crippen molar-refractivity contribution in [2.45, 2.75) is 6.92 Å². The van der Waals surface area contributed by atoms with E-state index in [9.17, 15) is 4.79 Å². The van der Waals surface area contributed by atoms with Gasteiger partial charge in [0.2, 0.25) is 0 Å². The number of methoxy groups -OCH3 is 1. The summed E-state index contributed by atoms with van der Waals surface area (Å²) in [5, 5.41) is 6.53. The molecule has 3 rings (SSSR count). The zero-order chi connectivity index (χ0) is 16.9. The number of hydrazone groups is 1. The molecule has 0 unspecified atom stereocenters. The molecule has 24 heavy (non-hydrogen) atoms. The Bertz CT molecular complexity index is 916. The summed E-state index contributed by atoms with van der Waals surface area (Å²) in [6.45, 7) is 1.87. The highest BCUT2D eigenvalue weighted by molar-refractivity contribution is 6.03. The minimum absolute atomic E-state index is 0.299. The number of hydrogen-bond donors (Lipinski definition) is 1. The van der Waals surface area contributed by atoms with Crippen molar-refractivity contribution < 1.29 is 9.53 Å². The van der Waals surface area contributed by atoms with Crippen LogP contribution in [0.3, 0.4) is 0 Å². The Morgan fingerprint density at radius 1 is 0.958 bits per heavy atom. The minimum atomic E-state index is -0.299. The second kappa shape index (κ2) is 6.96. The Morgan fingerprint density at radius 2 is 1.67 bits per heavy atom. The van der Waals surface area contributed by atoms with Crippen molar-refractivity contribution in [3.8, 4) is 5.75 Å². The Hall–Kier alpha value is -3.14. The molecular formula is C20H18N2O2. The second-order valence-corrected chi connectivity index (χ2v) is 5.40. The summed E-state index contributed by atoms with van der Waals surface area (Å²) in [4.78, 5) is 12.3. The van der Waals surface area contributed by atoms with Gasteiger partial charge in [0.15, 0.2) is 0 Å². The summed E-state index contributed by atoms with van der Waals surface area (Å²) in [5.74, 6) is 0.223. The normalized spacial score (nSPS) is 11.3. The Kier molecular flexibility index (Phi) is 4.57. The van der Waals surface area contributed by atoms with Gasteiger partial charge in [-0.05, 0) is 41.5 Å². The highest BCUT2D eigenvalue weighted by Crippen LogP contribution is 2.18. The number of ether oxygens (including phenoxy) is 1. The third-order valence-corrected chi connectivity index (χ3v) is 3.84. The molecule has 0 saturated carbocycles. The fourth-order valence-corrected chi connectivity index (χ4v) is 2.51. The second-order valence-electron chi connectivity index (χ2n) is 5.40. The highest BCUT2D eigenvalue weighted by atomic mass is 16.5. The lowest BCUT2D eigenvalue weighted by molar-refractivity contribution is 0.0952. The molecule has 120 valence electrons. The van der Waals surface area contributed by atoms with Gasteiger partial charge in [0.05, 0.1) is 18.4 Å². The van der Waals surface area contributed by atoms with E-state index in [4.69, 9.17) is 4.74 Å². The monoisotopic (exact) mass is 318 g/mol. The van der Waals surface area contributed by atoms with Crippen molar-refractivity contribution >= 4 is 22.4 Å². The van der Waals surface area contributed by atoms with Gasteiger partial charge in [-0.15, -0.1) is 0 Å². The van der Waals surface area contributed by atoms with Crippen LogP contribution in [0.1, 0.15) is 22.8 Å². The van der Waals surface area contributed by atoms with Crippen LogP contribution in [0.15, 0.2) is 71.8 Å². The number of rotatable bonds is 4. The van der Waals surface area contributed by atoms with Crippen LogP contribution in [0, 0.1) is 0 Å². The first-order valence-electron chi connectivity index (χ1n) is 7.66. The quantitative estimate of drug-likeness (QED) is 0.584. The molecule has 1 N–H and O–H groups in total. The van der Waals surface area contributed by atoms with Crippen molar-refractivity contribution in [2.24, 2.45) is 5.10 Å². The molecule has 4 heteroatoms. The van der Waals surface area contributed by atoms with Gasteiger partial charge in [0.1, 0.15) is 5.75 Å². The standard InChI is InChI=1S/C20H18N2O2/c1-14(16-12-11-15-7-3-4-8-17(15)13-16)21-22-20(23)18-9-5-6-10-19(18)24-2/h3-13H,1-2H3,(H,22,23). The summed E-state index contributed by atoms with van der Waals surface area (Å²) in [7, 11) is 1.54. The maximum absolute atomic E-state index is 12.3. The van der Waals surface area contributed by atoms with Crippen LogP contribution in [0.5, 0.6) is 5.75 Å². The van der Waals surface area contributed by atoms with Gasteiger partial charge in [-0.25, -0.2) is 5.43 Å². The molecule has 0 aliphatic rings. The molecule has 0 atom stereocenters. The van der Waals surface area contributed by atoms with Crippen LogP contribution in [0.4, 0.5) is 0 Å². The van der Waals surface area contributed by atoms with Crippen LogP contribution in [0.2, 0.25) is 0 Å². The third-order valence-electron chi connectivity index (χ3n) is 3.84. The van der Waals surface area contributed by atoms with Crippen molar-refractivity contribution in [1.29, 1.82) is 0 Å². The minimum Gasteiger partial charge on any atom is -0.496 e. The Labute approximate surface area is 140 Å². The maximum atomic E-state index is 12.3. The molecule has 0 radical (unpaired) electrons. The molecule has 4 nitrogen and oxygen atoms in total. The predicted molar refractivity (Wildman–Crippen MR) is 96.6 cm³/mol. The number of carbonyl (C=O) groups is 1. The molecule has 0 aromatic heterocycles. The summed E-state index contributed by atoms with van der Waals surface area (Å²) in [6, 6.07) is 21.3. The zero-order valence-electron chi connectivity index (χ0n) is 13.6. The van der Waals surface area contributed by atoms with Gasteiger partial charge in [-0.2, -0.15) is 5.10 Å². The summed E-state index contributed by atoms with van der Waals surface area (Å²) in [5.41, 5.74) is 4.75. The number of benzene rings is 3. The molecule has 0 saturated heterocycles. The number of fused-ring (bicyclic) bond motifs is 1. The average Bonchev–Trinajstić information content (AvgIpc) is 2.65. The maximum Gasteiger partial charge on any atom is 0.275 e. The van der Waals surface area contributed by atoms with E-state index in [1.54, 1.807) is 18.2 Å². The van der Waals surface area contributed by atoms with E-state index in [1.165, 1.54) is 12.5 Å². The van der Waals surface area contributed by atoms with Crippen LogP contribution in [-0.4, -0.2) is 18.7 Å². The van der Waals surface area contributed by atoms with Crippen LogP contribution in [0.25, 0.3) is 10.8 Å². The van der Waals surface area contributed by atoms with Gasteiger partial charge in [-0.1, -0.05) is 48.5 Å². The fourth-order valence-electron chi connectivity index (χ4n) is 2.51. The molecule has 0 spiro atoms. The third kappa shape index (κ3) is 3.27. The molecule has 0 aliphatic carbocycles. The van der Waals surface area contributed by atoms with Crippen LogP contribution >= 0.6 is 0 Å². The van der Waals surface area contributed by atoms with Crippen molar-refractivity contribution in [1.82, 2.24) is 5.43 Å². The van der Waals surface area contributed by atoms with Gasteiger partial charge >= 0.3 is 0 Å². The number of para-hydroxylation sites is 1. The lowest BCUT2D eigenvalue weighted by Crippen LogP contribution is -2.20. The first kappa shape index (κ1) is 15.7. The van der Waals surface area contributed by atoms with E-state index in [-0.39, 0.29) is 5.91 Å². The Balaban J connectivity index is 1.81. The van der Waals surface area contributed by atoms with E-state index in [1.807, 2.05) is 37.3 Å². The highest BCUT2D eigenvalue weighted by Gasteiger charge is 2.10. The molecule has 0 aliphatic heterocycles. The number of nitrogens with zero attached hydrogens (tertiary/aromatic N) is 1. The topological polar surface area (TPSA) is 50.7 Å². The van der Waals surface area contributed by atoms with E-state index >= 15 is 0 Å². The summed E-state index contributed by atoms with van der Waals surface area (Å²) < 4.78 is 5.20. The number of nitrogens with one attached hydrogen (secondary N) is 1. The molecule has 3 aromatic rings. The van der Waals surface area contributed by atoms with E-state index in [0.717, 1.165) is 16.7 Å². The predicted octanol–water partition coefficient (Wildman–Crippen LogP) is 4.00. The van der Waals surface area contributed by atoms with E-state index in [2.05, 4.69) is 28.7 Å². The number of amides is 1. The zero-order valence-corrected chi connectivity index (χ0v) is 13.6. The van der Waals surface area contributed by atoms with Gasteiger partial charge in [0, 0.05) is 0 Å². The first-order valence-corrected chi connectivity index (χ1v) is 7.66. The lowest BCUT2D eigenvalue weighted by Gasteiger charge is -2.07. The lowest BCUT2D eigenvalue weighted by atomic mass is 10.0. The first-order chi connectivity index (χ1) is 11.7. The van der Waals surface area contributed by atoms with Crippen molar-refractivity contribution in [3.63, 3.8) is 0 Å². The van der Waals surface area contributed by atoms with E-state index < -0.39 is 0 Å². The van der Waals surface area contributed by atoms with Gasteiger partial charge < -0.3 is 4.74 Å². The molecular weight excluding hydrogens is 300 g/mol. The van der Waals surface area contributed by atoms with E-state index in [0.29, 0.717) is 11.3 Å². The average molecular weight is 318 g/mol. The fraction of sp³-hybridized carbons (Fsp3) is 0.100. The smallest absolute Gasteiger partial charge is 0.275 e. The van der Waals surface area contributed by atoms with Crippen molar-refractivity contribution in [2.75, 3.05) is 7.11 Å². The number of carbonyl (C=O) groups excluding carboxylic acids is 1. The summed E-state index contributed by atoms with van der Waals surface area (Å²) in [6.07, 6.45) is 0. The largest absolute Gasteiger partial charge is 0.496 e. The SMILES string of the molecule is COc1ccccc1C(=O)NN=C(C)c1ccc2ccccc2c1. The van der Waals surface area contributed by atoms with Crippen LogP contribution in [-0.2, 0) is 0 Å². The van der Waals surface area contributed by atoms with Gasteiger partial charge in [-0.3, -0.25) is 4.79 Å². The molecule has 3 aromatic carbocycles. The molecule has 0 heterocycles. The number of hydrogen-bond acceptors (Lipinski definition) is 3. The van der Waals surface area contributed by atoms with Crippen molar-refractivity contribution in [3.05, 3.63) is 77.9 Å². The van der Waals surface area contributed by atoms with Crippen LogP contribution < -0.4 is 10.2 Å². The summed E-state index contributed by atoms with van der Waals surface area (Å²) >= 11 is 0. The molecule has 0 bridgehead atoms. The molecule has 1 amide bonds. The Morgan fingerprint density at radius 3 is 2.46 bits per heavy atom. The molecule has 0 fully saturated rings. The van der Waals surface area contributed by atoms with Gasteiger partial charge in [0.25, 0.3) is 5.91 Å².